The number of benzene rings is 5. The van der Waals surface area contributed by atoms with Crippen LogP contribution in [0.3, 0.4) is 0 Å². The Balaban J connectivity index is 0.000000571. The van der Waals surface area contributed by atoms with Crippen molar-refractivity contribution >= 4 is 132 Å². The highest BCUT2D eigenvalue weighted by Crippen LogP contribution is 2.40. The van der Waals surface area contributed by atoms with Gasteiger partial charge in [-0.1, -0.05) is 129 Å². The van der Waals surface area contributed by atoms with Crippen LogP contribution in [-0.2, 0) is 23.8 Å². The number of aliphatic carboxylic acids is 1. The maximum Gasteiger partial charge on any atom is 0.407 e. The predicted molar refractivity (Wildman–Crippen MR) is 342 cm³/mol. The number of aryl methyl sites for hydroxylation is 3. The molecule has 15 nitrogen and oxygen atoms in total. The van der Waals surface area contributed by atoms with Crippen molar-refractivity contribution in [3.05, 3.63) is 178 Å². The lowest BCUT2D eigenvalue weighted by atomic mass is 9.98. The quantitative estimate of drug-likeness (QED) is 0.0374. The molecule has 0 aliphatic heterocycles. The highest BCUT2D eigenvalue weighted by atomic mass is 35.6. The second kappa shape index (κ2) is 37.0. The van der Waals surface area contributed by atoms with E-state index >= 15 is 0 Å². The van der Waals surface area contributed by atoms with E-state index in [2.05, 4.69) is 69.6 Å². The van der Waals surface area contributed by atoms with Gasteiger partial charge in [0.15, 0.2) is 5.60 Å². The number of nitrogens with one attached hydrogen (secondary N) is 3. The second-order valence-corrected chi connectivity index (χ2v) is 24.2. The Morgan fingerprint density at radius 1 is 0.588 bits per heavy atom. The van der Waals surface area contributed by atoms with Gasteiger partial charge in [0.25, 0.3) is 0 Å². The van der Waals surface area contributed by atoms with Crippen molar-refractivity contribution in [2.75, 3.05) is 38.4 Å². The third-order valence-electron chi connectivity index (χ3n) is 10.8. The SMILES string of the molecule is CC(C)(C)OC(=O)NC[C@@H](C(=O)Nc1ccc2cnccc2c1)c1ccc(Cl)cc1.CC(C)(C)OC(=O)NC[C@@H](C(=O)O)c1ccc(Cl)cc1.CC(C)(OC(=O)Cl)C(Cl)(Cl)Cl.Cc1cc(C)cc(C)c1.Nc1ccc2cnccc2c1.[2H]CF.[2H]CF. The molecule has 2 atom stereocenters. The molecule has 0 saturated carbocycles. The van der Waals surface area contributed by atoms with E-state index in [4.69, 9.17) is 87.6 Å². The number of pyridine rings is 2. The number of anilines is 2. The summed E-state index contributed by atoms with van der Waals surface area (Å²) in [6.07, 6.45) is 5.85. The molecule has 2 heterocycles. The molecular formula is C62H74Cl6F2N6O9. The number of hydrogen-bond acceptors (Lipinski definition) is 11. The summed E-state index contributed by atoms with van der Waals surface area (Å²) in [4.78, 5) is 66.3. The highest BCUT2D eigenvalue weighted by Gasteiger charge is 2.44. The first-order valence-electron chi connectivity index (χ1n) is 27.0. The summed E-state index contributed by atoms with van der Waals surface area (Å²) >= 11 is 33.1. The van der Waals surface area contributed by atoms with Crippen molar-refractivity contribution in [2.45, 2.75) is 109 Å². The monoisotopic (exact) mass is 1300 g/mol. The van der Waals surface area contributed by atoms with Crippen LogP contribution in [0.5, 0.6) is 0 Å². The van der Waals surface area contributed by atoms with Gasteiger partial charge in [-0.15, -0.1) is 0 Å². The molecule has 5 aromatic carbocycles. The van der Waals surface area contributed by atoms with E-state index in [0.717, 1.165) is 32.8 Å². The number of carboxylic acid groups (broad SMARTS) is 1. The number of fused-ring (bicyclic) bond motifs is 2. The Hall–Kier alpha value is -6.73. The van der Waals surface area contributed by atoms with Crippen molar-refractivity contribution < 1.29 is 54.8 Å². The number of rotatable bonds is 10. The summed E-state index contributed by atoms with van der Waals surface area (Å²) in [7, 11) is -2.00. The fraction of sp³-hybridized carbons (Fsp3) is 0.339. The first kappa shape index (κ1) is 72.5. The molecule has 0 fully saturated rings. The van der Waals surface area contributed by atoms with Crippen LogP contribution in [0.1, 0.15) is 97.8 Å². The number of alkyl carbamates (subject to hydrolysis) is 2. The molecule has 7 rings (SSSR count). The van der Waals surface area contributed by atoms with Crippen LogP contribution in [0.4, 0.5) is 34.5 Å². The topological polar surface area (TPSA) is 221 Å². The van der Waals surface area contributed by atoms with Crippen LogP contribution in [-0.4, -0.2) is 92.6 Å². The number of nitrogens with zero attached hydrogens (tertiary/aromatic N) is 2. The standard InChI is InChI=1S/C23H24ClN3O3.C14H18ClNO4.C9H8N2.C9H12.C5H6Cl4O2.2CH3F/c1-23(2,3)30-22(29)26-14-20(15-4-7-18(24)8-5-15)21(28)27-19-9-6-17-13-25-11-10-16(17)12-19;1-14(2,3)20-13(19)16-8-11(12(17)18)9-4-6-10(15)7-5-9;10-9-2-1-8-6-11-4-3-7(8)5-9;1-7-4-8(2)6-9(3)5-7;1-4(2,5(7,8)9)11-3(6)10;2*1-2/h4-13,20H,14H2,1-3H3,(H,26,29)(H,27,28);4-7,11H,8H2,1-3H3,(H,16,19)(H,17,18);1-6H,10H2;4-6H,1-3H3;1-2H3;2*1H3/t20-;11-;;;;;/m11...../s1/i;;;;;2*1D. The van der Waals surface area contributed by atoms with E-state index in [0.29, 0.717) is 21.3 Å². The first-order chi connectivity index (χ1) is 40.4. The summed E-state index contributed by atoms with van der Waals surface area (Å²) in [5.41, 5.74) is 8.96. The molecule has 0 radical (unpaired) electrons. The minimum Gasteiger partial charge on any atom is -0.481 e. The zero-order chi connectivity index (χ0) is 66.3. The van der Waals surface area contributed by atoms with E-state index < -0.39 is 70.3 Å². The Labute approximate surface area is 529 Å². The number of aromatic nitrogens is 2. The van der Waals surface area contributed by atoms with Crippen molar-refractivity contribution in [1.82, 2.24) is 20.6 Å². The highest BCUT2D eigenvalue weighted by molar-refractivity contribution is 6.68. The number of halogens is 8. The van der Waals surface area contributed by atoms with Crippen molar-refractivity contribution in [3.8, 4) is 0 Å². The summed E-state index contributed by atoms with van der Waals surface area (Å²) in [5.74, 6) is -2.74. The van der Waals surface area contributed by atoms with Gasteiger partial charge in [0.05, 0.1) is 28.9 Å². The molecule has 0 aliphatic rings. The van der Waals surface area contributed by atoms with Gasteiger partial charge in [0.2, 0.25) is 9.70 Å². The molecule has 462 valence electrons. The number of carbonyl (C=O) groups is 5. The average Bonchev–Trinajstić information content (AvgIpc) is 3.19. The van der Waals surface area contributed by atoms with Crippen LogP contribution in [0.25, 0.3) is 21.5 Å². The first-order valence-corrected chi connectivity index (χ1v) is 27.8. The molecule has 0 saturated heterocycles. The Kier molecular flexibility index (Phi) is 31.5. The summed E-state index contributed by atoms with van der Waals surface area (Å²) in [6, 6.07) is 35.2. The van der Waals surface area contributed by atoms with E-state index in [9.17, 15) is 37.9 Å². The fourth-order valence-corrected chi connectivity index (χ4v) is 7.61. The number of alkyl halides is 5. The van der Waals surface area contributed by atoms with Crippen molar-refractivity contribution in [3.63, 3.8) is 0 Å². The van der Waals surface area contributed by atoms with Gasteiger partial charge in [0, 0.05) is 81.7 Å². The van der Waals surface area contributed by atoms with E-state index in [1.807, 2.05) is 54.7 Å². The Morgan fingerprint density at radius 3 is 1.35 bits per heavy atom. The maximum absolute atomic E-state index is 13.1. The average molecular weight is 1300 g/mol. The third-order valence-corrected chi connectivity index (χ3v) is 12.8. The second-order valence-electron chi connectivity index (χ2n) is 20.7. The maximum atomic E-state index is 13.1. The molecule has 0 spiro atoms. The van der Waals surface area contributed by atoms with Crippen LogP contribution < -0.4 is 21.7 Å². The largest absolute Gasteiger partial charge is 0.481 e. The number of hydrogen-bond donors (Lipinski definition) is 5. The Morgan fingerprint density at radius 2 is 0.976 bits per heavy atom. The number of carboxylic acids is 1. The predicted octanol–water partition coefficient (Wildman–Crippen LogP) is 17.3. The molecule has 0 bridgehead atoms. The van der Waals surface area contributed by atoms with Gasteiger partial charge in [-0.3, -0.25) is 28.3 Å². The van der Waals surface area contributed by atoms with Gasteiger partial charge < -0.3 is 41.0 Å². The molecule has 3 amide bonds. The van der Waals surface area contributed by atoms with Crippen LogP contribution in [0, 0.1) is 20.8 Å². The molecule has 0 aliphatic carbocycles. The van der Waals surface area contributed by atoms with Crippen molar-refractivity contribution in [1.29, 1.82) is 0 Å². The van der Waals surface area contributed by atoms with Crippen LogP contribution in [0.15, 0.2) is 140 Å². The number of nitrogens with two attached hydrogens (primary N) is 1. The van der Waals surface area contributed by atoms with Gasteiger partial charge >= 0.3 is 23.6 Å². The van der Waals surface area contributed by atoms with Gasteiger partial charge in [-0.05, 0) is 159 Å². The lowest BCUT2D eigenvalue weighted by molar-refractivity contribution is -0.138. The van der Waals surface area contributed by atoms with E-state index in [-0.39, 0.29) is 19.0 Å². The molecule has 0 unspecified atom stereocenters. The van der Waals surface area contributed by atoms with E-state index in [1.165, 1.54) is 30.5 Å². The lowest BCUT2D eigenvalue weighted by Crippen LogP contribution is -2.40. The van der Waals surface area contributed by atoms with Crippen LogP contribution >= 0.6 is 69.6 Å². The number of ether oxygens (including phenoxy) is 3. The zero-order valence-electron chi connectivity index (χ0n) is 51.0. The molecule has 2 aromatic heterocycles. The minimum atomic E-state index is -1.68. The lowest BCUT2D eigenvalue weighted by Gasteiger charge is -2.30. The normalized spacial score (nSPS) is 11.8. The molecule has 85 heavy (non-hydrogen) atoms. The molecule has 6 N–H and O–H groups in total. The third kappa shape index (κ3) is 30.8. The number of amides is 3. The summed E-state index contributed by atoms with van der Waals surface area (Å²) < 4.78 is 44.2. The summed E-state index contributed by atoms with van der Waals surface area (Å²) in [5, 5.41) is 22.6. The molecule has 23 heteroatoms. The Bertz CT molecular complexity index is 3210. The van der Waals surface area contributed by atoms with Gasteiger partial charge in [-0.25, -0.2) is 14.4 Å². The smallest absolute Gasteiger partial charge is 0.407 e. The minimum absolute atomic E-state index is 0.0497. The van der Waals surface area contributed by atoms with Gasteiger partial charge in [0.1, 0.15) is 11.2 Å². The zero-order valence-corrected chi connectivity index (χ0v) is 53.5. The van der Waals surface area contributed by atoms with Gasteiger partial charge in [-0.2, -0.15) is 0 Å². The number of carbonyl (C=O) groups excluding carboxylic acids is 4. The number of nitrogen functional groups attached to an aromatic ring is 1. The van der Waals surface area contributed by atoms with Crippen LogP contribution in [0.2, 0.25) is 10.0 Å². The summed E-state index contributed by atoms with van der Waals surface area (Å²) in [6.45, 7) is 19.9. The molecule has 7 aromatic rings. The van der Waals surface area contributed by atoms with Crippen molar-refractivity contribution in [2.24, 2.45) is 0 Å². The molecular weight excluding hydrogens is 1220 g/mol. The fourth-order valence-electron chi connectivity index (χ4n) is 7.05. The van der Waals surface area contributed by atoms with E-state index in [1.54, 1.807) is 109 Å².